The van der Waals surface area contributed by atoms with Gasteiger partial charge in [0.1, 0.15) is 0 Å². The molecule has 0 atom stereocenters. The highest BCUT2D eigenvalue weighted by Gasteiger charge is 2.16. The van der Waals surface area contributed by atoms with Gasteiger partial charge in [-0.05, 0) is 51.8 Å². The average Bonchev–Trinajstić information content (AvgIpc) is 2.70. The Morgan fingerprint density at radius 1 is 1.17 bits per heavy atom. The Morgan fingerprint density at radius 3 is 2.40 bits per heavy atom. The van der Waals surface area contributed by atoms with Gasteiger partial charge in [-0.3, -0.25) is 14.7 Å². The number of rotatable bonds is 9. The third-order valence-electron chi connectivity index (χ3n) is 5.24. The molecule has 1 heterocycles. The number of carbonyl (C=O) groups is 1. The van der Waals surface area contributed by atoms with E-state index >= 15 is 0 Å². The zero-order valence-corrected chi connectivity index (χ0v) is 21.4. The lowest BCUT2D eigenvalue weighted by Gasteiger charge is -2.30. The van der Waals surface area contributed by atoms with E-state index in [1.54, 1.807) is 7.05 Å². The summed E-state index contributed by atoms with van der Waals surface area (Å²) in [5.41, 5.74) is 2.27. The van der Waals surface area contributed by atoms with Gasteiger partial charge in [-0.2, -0.15) is 0 Å². The molecule has 7 nitrogen and oxygen atoms in total. The summed E-state index contributed by atoms with van der Waals surface area (Å²) >= 11 is 0. The molecule has 170 valence electrons. The minimum Gasteiger partial charge on any atom is -0.360 e. The molecule has 2 rings (SSSR count). The highest BCUT2D eigenvalue weighted by molar-refractivity contribution is 14.0. The van der Waals surface area contributed by atoms with Gasteiger partial charge in [-0.1, -0.05) is 12.1 Å². The maximum absolute atomic E-state index is 11.6. The molecule has 1 aliphatic rings. The van der Waals surface area contributed by atoms with Gasteiger partial charge in [-0.15, -0.1) is 24.0 Å². The van der Waals surface area contributed by atoms with Crippen LogP contribution in [0.4, 0.5) is 5.69 Å². The molecule has 3 N–H and O–H groups in total. The summed E-state index contributed by atoms with van der Waals surface area (Å²) in [6.07, 6.45) is 1.08. The summed E-state index contributed by atoms with van der Waals surface area (Å²) < 4.78 is 0. The van der Waals surface area contributed by atoms with Crippen molar-refractivity contribution in [2.24, 2.45) is 4.99 Å². The number of anilines is 1. The van der Waals surface area contributed by atoms with Crippen LogP contribution in [-0.2, 0) is 11.3 Å². The largest absolute Gasteiger partial charge is 0.360 e. The van der Waals surface area contributed by atoms with Crippen molar-refractivity contribution in [2.75, 3.05) is 44.7 Å². The molecule has 0 unspecified atom stereocenters. The molecule has 30 heavy (non-hydrogen) atoms. The summed E-state index contributed by atoms with van der Waals surface area (Å²) in [4.78, 5) is 20.5. The van der Waals surface area contributed by atoms with E-state index < -0.39 is 0 Å². The Morgan fingerprint density at radius 2 is 1.83 bits per heavy atom. The van der Waals surface area contributed by atoms with Crippen LogP contribution in [0.5, 0.6) is 0 Å². The van der Waals surface area contributed by atoms with Crippen molar-refractivity contribution in [1.82, 2.24) is 20.9 Å². The molecule has 1 aromatic carbocycles. The van der Waals surface area contributed by atoms with Crippen LogP contribution in [0.15, 0.2) is 29.3 Å². The molecule has 8 heteroatoms. The van der Waals surface area contributed by atoms with E-state index in [-0.39, 0.29) is 29.9 Å². The van der Waals surface area contributed by atoms with Crippen LogP contribution in [0.25, 0.3) is 0 Å². The number of benzene rings is 1. The third kappa shape index (κ3) is 8.67. The monoisotopic (exact) mass is 530 g/mol. The minimum atomic E-state index is 0. The van der Waals surface area contributed by atoms with Crippen molar-refractivity contribution >= 4 is 41.5 Å². The van der Waals surface area contributed by atoms with Crippen LogP contribution < -0.4 is 20.9 Å². The fourth-order valence-electron chi connectivity index (χ4n) is 3.67. The van der Waals surface area contributed by atoms with E-state index in [0.717, 1.165) is 37.7 Å². The number of guanidine groups is 1. The van der Waals surface area contributed by atoms with E-state index in [9.17, 15) is 4.79 Å². The standard InChI is InChI=1S/C22H38N6O.HI/c1-17(2)28(18(3)4)13-6-11-25-22(23-5)26-15-19-7-9-20(10-8-19)27-14-12-24-21(29)16-27;/h7-10,17-18H,6,11-16H2,1-5H3,(H,24,29)(H2,23,25,26);1H. The molecule has 1 saturated heterocycles. The fraction of sp³-hybridized carbons (Fsp3) is 0.636. The number of nitrogens with zero attached hydrogens (tertiary/aromatic N) is 3. The predicted molar refractivity (Wildman–Crippen MR) is 137 cm³/mol. The maximum Gasteiger partial charge on any atom is 0.239 e. The van der Waals surface area contributed by atoms with Gasteiger partial charge in [0.25, 0.3) is 0 Å². The van der Waals surface area contributed by atoms with Gasteiger partial charge in [-0.25, -0.2) is 0 Å². The number of carbonyl (C=O) groups excluding carboxylic acids is 1. The number of nitrogens with one attached hydrogen (secondary N) is 3. The fourth-order valence-corrected chi connectivity index (χ4v) is 3.67. The first-order chi connectivity index (χ1) is 13.9. The third-order valence-corrected chi connectivity index (χ3v) is 5.24. The van der Waals surface area contributed by atoms with E-state index in [1.165, 1.54) is 5.56 Å². The van der Waals surface area contributed by atoms with E-state index in [2.05, 4.69) is 82.7 Å². The Labute approximate surface area is 199 Å². The number of hydrogen-bond acceptors (Lipinski definition) is 4. The first-order valence-corrected chi connectivity index (χ1v) is 10.7. The molecular formula is C22H39IN6O. The van der Waals surface area contributed by atoms with Crippen molar-refractivity contribution in [3.05, 3.63) is 29.8 Å². The molecule has 0 saturated carbocycles. The molecule has 1 aliphatic heterocycles. The zero-order chi connectivity index (χ0) is 21.2. The molecule has 1 amide bonds. The minimum absolute atomic E-state index is 0. The van der Waals surface area contributed by atoms with Crippen molar-refractivity contribution in [3.63, 3.8) is 0 Å². The van der Waals surface area contributed by atoms with Crippen molar-refractivity contribution in [1.29, 1.82) is 0 Å². The van der Waals surface area contributed by atoms with Crippen molar-refractivity contribution in [2.45, 2.75) is 52.7 Å². The zero-order valence-electron chi connectivity index (χ0n) is 19.1. The summed E-state index contributed by atoms with van der Waals surface area (Å²) in [6, 6.07) is 9.50. The van der Waals surface area contributed by atoms with Gasteiger partial charge in [0.15, 0.2) is 5.96 Å². The number of aliphatic imine (C=N–C) groups is 1. The number of hydrogen-bond donors (Lipinski definition) is 3. The molecule has 1 fully saturated rings. The predicted octanol–water partition coefficient (Wildman–Crippen LogP) is 2.41. The van der Waals surface area contributed by atoms with Crippen LogP contribution >= 0.6 is 24.0 Å². The quantitative estimate of drug-likeness (QED) is 0.198. The topological polar surface area (TPSA) is 72.0 Å². The Balaban J connectivity index is 0.00000450. The van der Waals surface area contributed by atoms with Crippen molar-refractivity contribution in [3.8, 4) is 0 Å². The lowest BCUT2D eigenvalue weighted by Crippen LogP contribution is -2.47. The molecule has 0 aromatic heterocycles. The van der Waals surface area contributed by atoms with Gasteiger partial charge in [0, 0.05) is 57.5 Å². The molecule has 0 radical (unpaired) electrons. The lowest BCUT2D eigenvalue weighted by molar-refractivity contribution is -0.120. The lowest BCUT2D eigenvalue weighted by atomic mass is 10.2. The van der Waals surface area contributed by atoms with E-state index in [1.807, 2.05) is 0 Å². The second-order valence-electron chi connectivity index (χ2n) is 8.07. The van der Waals surface area contributed by atoms with Crippen LogP contribution in [0.2, 0.25) is 0 Å². The molecule has 0 bridgehead atoms. The van der Waals surface area contributed by atoms with Gasteiger partial charge >= 0.3 is 0 Å². The summed E-state index contributed by atoms with van der Waals surface area (Å²) in [5.74, 6) is 0.907. The molecule has 0 aliphatic carbocycles. The van der Waals surface area contributed by atoms with Crippen LogP contribution in [0.3, 0.4) is 0 Å². The second-order valence-corrected chi connectivity index (χ2v) is 8.07. The van der Waals surface area contributed by atoms with Crippen molar-refractivity contribution < 1.29 is 4.79 Å². The first kappa shape index (κ1) is 26.5. The van der Waals surface area contributed by atoms with Gasteiger partial charge in [0.05, 0.1) is 6.54 Å². The van der Waals surface area contributed by atoms with Crippen LogP contribution in [0, 0.1) is 0 Å². The summed E-state index contributed by atoms with van der Waals surface area (Å²) in [5, 5.41) is 9.63. The first-order valence-electron chi connectivity index (χ1n) is 10.7. The Kier molecular flexibility index (Phi) is 12.1. The number of piperazine rings is 1. The van der Waals surface area contributed by atoms with Gasteiger partial charge < -0.3 is 20.9 Å². The Hall–Kier alpha value is -1.55. The molecule has 1 aromatic rings. The van der Waals surface area contributed by atoms with E-state index in [0.29, 0.717) is 31.7 Å². The van der Waals surface area contributed by atoms with Crippen LogP contribution in [-0.4, -0.2) is 68.6 Å². The molecular weight excluding hydrogens is 491 g/mol. The van der Waals surface area contributed by atoms with Gasteiger partial charge in [0.2, 0.25) is 5.91 Å². The highest BCUT2D eigenvalue weighted by atomic mass is 127. The smallest absolute Gasteiger partial charge is 0.239 e. The average molecular weight is 530 g/mol. The second kappa shape index (κ2) is 13.7. The molecule has 0 spiro atoms. The van der Waals surface area contributed by atoms with Crippen LogP contribution in [0.1, 0.15) is 39.7 Å². The number of amides is 1. The normalized spacial score (nSPS) is 14.7. The Bertz CT molecular complexity index is 654. The SMILES string of the molecule is CN=C(NCCCN(C(C)C)C(C)C)NCc1ccc(N2CCNC(=O)C2)cc1.I. The summed E-state index contributed by atoms with van der Waals surface area (Å²) in [6.45, 7) is 13.7. The summed E-state index contributed by atoms with van der Waals surface area (Å²) in [7, 11) is 1.80. The van der Waals surface area contributed by atoms with E-state index in [4.69, 9.17) is 0 Å². The maximum atomic E-state index is 11.6. The number of halogens is 1. The highest BCUT2D eigenvalue weighted by Crippen LogP contribution is 2.16.